The van der Waals surface area contributed by atoms with E-state index >= 15 is 0 Å². The van der Waals surface area contributed by atoms with Gasteiger partial charge in [-0.15, -0.1) is 0 Å². The summed E-state index contributed by atoms with van der Waals surface area (Å²) in [6.45, 7) is 14.2. The third kappa shape index (κ3) is 9.98. The third-order valence-corrected chi connectivity index (χ3v) is 11.7. The van der Waals surface area contributed by atoms with Crippen LogP contribution in [0.1, 0.15) is 64.5 Å². The molecule has 0 aliphatic carbocycles. The smallest absolute Gasteiger partial charge is 0.373 e. The van der Waals surface area contributed by atoms with Crippen LogP contribution in [-0.2, 0) is 26.6 Å². The van der Waals surface area contributed by atoms with Crippen molar-refractivity contribution in [1.82, 2.24) is 40.5 Å². The van der Waals surface area contributed by atoms with Gasteiger partial charge in [0.15, 0.2) is 11.6 Å². The molecule has 0 fully saturated rings. The van der Waals surface area contributed by atoms with E-state index in [1.54, 1.807) is 14.1 Å². The van der Waals surface area contributed by atoms with Crippen molar-refractivity contribution in [2.45, 2.75) is 52.9 Å². The van der Waals surface area contributed by atoms with Crippen molar-refractivity contribution in [3.63, 3.8) is 0 Å². The molecule has 228 valence electrons. The molecule has 2 unspecified atom stereocenters. The van der Waals surface area contributed by atoms with Crippen LogP contribution in [0.5, 0.6) is 0 Å². The number of hydrogen-bond donors (Lipinski definition) is 4. The van der Waals surface area contributed by atoms with Crippen molar-refractivity contribution in [2.24, 2.45) is 0 Å². The third-order valence-electron chi connectivity index (χ3n) is 5.09. The van der Waals surface area contributed by atoms with Gasteiger partial charge in [0.05, 0.1) is 0 Å². The summed E-state index contributed by atoms with van der Waals surface area (Å²) in [6.07, 6.45) is 2.73. The van der Waals surface area contributed by atoms with Gasteiger partial charge in [-0.1, -0.05) is 0 Å². The van der Waals surface area contributed by atoms with Gasteiger partial charge in [0.2, 0.25) is 11.9 Å². The van der Waals surface area contributed by atoms with E-state index in [-0.39, 0.29) is 11.9 Å². The quantitative estimate of drug-likeness (QED) is 0.172. The highest BCUT2D eigenvalue weighted by atomic mass is 28.4. The van der Waals surface area contributed by atoms with E-state index in [2.05, 4.69) is 40.5 Å². The van der Waals surface area contributed by atoms with E-state index in [1.165, 1.54) is 12.7 Å². The van der Waals surface area contributed by atoms with Crippen LogP contribution in [0, 0.1) is 0 Å². The number of aromatic nitrogens is 6. The zero-order chi connectivity index (χ0) is 30.0. The van der Waals surface area contributed by atoms with Crippen LogP contribution in [0.25, 0.3) is 0 Å². The molecule has 6 N–H and O–H groups in total. The average Bonchev–Trinajstić information content (AvgIpc) is 2.91. The fourth-order valence-corrected chi connectivity index (χ4v) is 9.34. The molecule has 18 heteroatoms. The molecule has 0 spiro atoms. The second-order valence-electron chi connectivity index (χ2n) is 7.65. The number of nitrogen functional groups attached to an aromatic ring is 2. The Morgan fingerprint density at radius 2 is 0.850 bits per heavy atom. The monoisotopic (exact) mass is 602 g/mol. The van der Waals surface area contributed by atoms with Crippen molar-refractivity contribution >= 4 is 29.5 Å². The number of nitrogens with two attached hydrogens (primary N) is 2. The van der Waals surface area contributed by atoms with Gasteiger partial charge in [-0.3, -0.25) is 0 Å². The fourth-order valence-electron chi connectivity index (χ4n) is 3.81. The summed E-state index contributed by atoms with van der Waals surface area (Å²) in [5.74, 6) is 1.23. The maximum atomic E-state index is 5.85. The minimum absolute atomic E-state index is 0.155. The Kier molecular flexibility index (Phi) is 17.0. The van der Waals surface area contributed by atoms with Gasteiger partial charge in [-0.2, -0.15) is 9.97 Å². The van der Waals surface area contributed by atoms with Crippen molar-refractivity contribution in [2.75, 3.05) is 65.2 Å². The minimum atomic E-state index is -3.01. The van der Waals surface area contributed by atoms with Crippen LogP contribution in [0.3, 0.4) is 0 Å². The Balaban J connectivity index is 0.000000400. The Labute approximate surface area is 239 Å². The number of hydrogen-bond acceptors (Lipinski definition) is 16. The van der Waals surface area contributed by atoms with Crippen molar-refractivity contribution in [3.05, 3.63) is 24.3 Å². The summed E-state index contributed by atoms with van der Waals surface area (Å²) in [6, 6.07) is 0. The topological polar surface area (TPSA) is 209 Å². The van der Waals surface area contributed by atoms with Gasteiger partial charge in [0.25, 0.3) is 0 Å². The summed E-state index contributed by atoms with van der Waals surface area (Å²) in [7, 11) is -2.45. The summed E-state index contributed by atoms with van der Waals surface area (Å²) < 4.78 is 35.1. The van der Waals surface area contributed by atoms with Crippen LogP contribution < -0.4 is 22.1 Å². The van der Waals surface area contributed by atoms with Gasteiger partial charge in [-0.05, 0) is 55.6 Å². The van der Waals surface area contributed by atoms with Crippen LogP contribution >= 0.6 is 0 Å². The summed E-state index contributed by atoms with van der Waals surface area (Å²) >= 11 is 0. The molecular formula is C22H46N10O6Si2. The van der Waals surface area contributed by atoms with E-state index in [1.807, 2.05) is 41.5 Å². The lowest BCUT2D eigenvalue weighted by Gasteiger charge is -2.34. The van der Waals surface area contributed by atoms with Gasteiger partial charge in [0.1, 0.15) is 24.0 Å². The molecule has 2 atom stereocenters. The van der Waals surface area contributed by atoms with Gasteiger partial charge in [0, 0.05) is 39.6 Å². The SMILES string of the molecule is CCO[Si](OCC)(OCC)C(NC)c1ncnc(N)n1.CCO[Si](OCC)(OCC)C(NC)c1ncnc(N)n1. The lowest BCUT2D eigenvalue weighted by Crippen LogP contribution is -2.56. The predicted molar refractivity (Wildman–Crippen MR) is 153 cm³/mol. The number of anilines is 2. The van der Waals surface area contributed by atoms with E-state index in [0.29, 0.717) is 51.3 Å². The summed E-state index contributed by atoms with van der Waals surface area (Å²) in [5.41, 5.74) is 10.4. The second-order valence-corrected chi connectivity index (χ2v) is 13.0. The molecule has 2 rings (SSSR count). The van der Waals surface area contributed by atoms with E-state index in [9.17, 15) is 0 Å². The highest BCUT2D eigenvalue weighted by molar-refractivity contribution is 6.62. The van der Waals surface area contributed by atoms with Crippen LogP contribution in [0.2, 0.25) is 0 Å². The van der Waals surface area contributed by atoms with E-state index in [4.69, 9.17) is 38.0 Å². The molecule has 40 heavy (non-hydrogen) atoms. The Morgan fingerprint density at radius 1 is 0.575 bits per heavy atom. The second kappa shape index (κ2) is 19.0. The molecule has 0 radical (unpaired) electrons. The largest absolute Gasteiger partial charge is 0.526 e. The maximum Gasteiger partial charge on any atom is 0.526 e. The highest BCUT2D eigenvalue weighted by Gasteiger charge is 2.52. The molecule has 2 aromatic heterocycles. The molecule has 0 aromatic carbocycles. The average molecular weight is 603 g/mol. The predicted octanol–water partition coefficient (Wildman–Crippen LogP) is 0.604. The molecule has 16 nitrogen and oxygen atoms in total. The van der Waals surface area contributed by atoms with Crippen molar-refractivity contribution < 1.29 is 26.6 Å². The zero-order valence-electron chi connectivity index (χ0n) is 24.8. The van der Waals surface area contributed by atoms with Crippen molar-refractivity contribution in [1.29, 1.82) is 0 Å². The van der Waals surface area contributed by atoms with E-state index in [0.717, 1.165) is 0 Å². The zero-order valence-corrected chi connectivity index (χ0v) is 26.8. The Bertz CT molecular complexity index is 860. The first-order valence-corrected chi connectivity index (χ1v) is 16.9. The first-order chi connectivity index (χ1) is 19.3. The van der Waals surface area contributed by atoms with Crippen LogP contribution in [-0.4, -0.2) is 101 Å². The van der Waals surface area contributed by atoms with Crippen molar-refractivity contribution in [3.8, 4) is 0 Å². The van der Waals surface area contributed by atoms with Crippen LogP contribution in [0.15, 0.2) is 12.7 Å². The normalized spacial score (nSPS) is 13.4. The van der Waals surface area contributed by atoms with Gasteiger partial charge < -0.3 is 48.7 Å². The number of rotatable bonds is 18. The first kappa shape index (κ1) is 35.8. The minimum Gasteiger partial charge on any atom is -0.373 e. The molecule has 0 saturated carbocycles. The van der Waals surface area contributed by atoms with Gasteiger partial charge >= 0.3 is 17.6 Å². The fraction of sp³-hybridized carbons (Fsp3) is 0.727. The molecular weight excluding hydrogens is 556 g/mol. The molecule has 0 aliphatic heterocycles. The standard InChI is InChI=1S/2C11H23N5O3Si/c2*1-5-17-20(18-6-2,19-7-3)10(13-4)9-14-8-15-11(12)16-9/h2*8,10,13H,5-7H2,1-4H3,(H2,12,14,15,16). The number of nitrogens with zero attached hydrogens (tertiary/aromatic N) is 6. The first-order valence-electron chi connectivity index (χ1n) is 13.3. The molecule has 0 aliphatic rings. The molecule has 0 bridgehead atoms. The lowest BCUT2D eigenvalue weighted by atomic mass is 10.6. The summed E-state index contributed by atoms with van der Waals surface area (Å²) in [4.78, 5) is 24.2. The number of nitrogens with one attached hydrogen (secondary N) is 2. The summed E-state index contributed by atoms with van der Waals surface area (Å²) in [5, 5.41) is 6.24. The lowest BCUT2D eigenvalue weighted by molar-refractivity contribution is 0.0569. The maximum absolute atomic E-state index is 5.85. The highest BCUT2D eigenvalue weighted by Crippen LogP contribution is 2.27. The van der Waals surface area contributed by atoms with E-state index < -0.39 is 28.9 Å². The molecule has 2 heterocycles. The Hall–Kier alpha value is -2.27. The van der Waals surface area contributed by atoms with Crippen LogP contribution in [0.4, 0.5) is 11.9 Å². The molecule has 0 amide bonds. The molecule has 2 aromatic rings. The van der Waals surface area contributed by atoms with Gasteiger partial charge in [-0.25, -0.2) is 19.9 Å². The molecule has 0 saturated heterocycles. The Morgan fingerprint density at radius 3 is 1.05 bits per heavy atom.